The summed E-state index contributed by atoms with van der Waals surface area (Å²) < 4.78 is 6.80. The average Bonchev–Trinajstić information content (AvgIpc) is 3.32. The zero-order valence-electron chi connectivity index (χ0n) is 17.7. The van der Waals surface area contributed by atoms with Crippen molar-refractivity contribution in [2.75, 3.05) is 18.5 Å². The Kier molecular flexibility index (Phi) is 6.09. The zero-order valence-corrected chi connectivity index (χ0v) is 17.7. The Morgan fingerprint density at radius 2 is 1.73 bits per heavy atom. The third-order valence-electron chi connectivity index (χ3n) is 5.27. The molecular formula is C24H20N4O5. The number of amides is 2. The number of aliphatic carboxylic acids is 1. The molecule has 9 nitrogen and oxygen atoms in total. The predicted molar refractivity (Wildman–Crippen MR) is 120 cm³/mol. The molecule has 1 heterocycles. The lowest BCUT2D eigenvalue weighted by Crippen LogP contribution is -2.27. The fourth-order valence-electron chi connectivity index (χ4n) is 3.87. The quantitative estimate of drug-likeness (QED) is 0.520. The first-order chi connectivity index (χ1) is 16.0. The van der Waals surface area contributed by atoms with Crippen LogP contribution in [0.4, 0.5) is 10.5 Å². The molecule has 1 aromatic heterocycles. The number of aryl methyl sites for hydroxylation is 1. The van der Waals surface area contributed by atoms with E-state index in [1.807, 2.05) is 42.3 Å². The minimum atomic E-state index is -1.29. The maximum Gasteiger partial charge on any atom is 0.411 e. The second-order valence-electron chi connectivity index (χ2n) is 7.27. The van der Waals surface area contributed by atoms with Crippen LogP contribution in [0, 0.1) is 11.8 Å². The van der Waals surface area contributed by atoms with Crippen LogP contribution in [0.1, 0.15) is 27.5 Å². The molecule has 2 amide bonds. The Balaban J connectivity index is 1.42. The summed E-state index contributed by atoms with van der Waals surface area (Å²) in [7, 11) is 1.54. The smallest absolute Gasteiger partial charge is 0.411 e. The van der Waals surface area contributed by atoms with Gasteiger partial charge in [-0.25, -0.2) is 9.59 Å². The summed E-state index contributed by atoms with van der Waals surface area (Å²) in [5.41, 5.74) is 4.68. The molecule has 1 aliphatic rings. The number of ether oxygens (including phenoxy) is 1. The Morgan fingerprint density at radius 1 is 1.09 bits per heavy atom. The lowest BCUT2D eigenvalue weighted by molar-refractivity contribution is -0.130. The Bertz CT molecular complexity index is 1260. The van der Waals surface area contributed by atoms with Crippen molar-refractivity contribution in [3.8, 4) is 23.0 Å². The number of carbonyl (C=O) groups is 3. The van der Waals surface area contributed by atoms with Gasteiger partial charge in [0.15, 0.2) is 0 Å². The van der Waals surface area contributed by atoms with E-state index in [1.165, 1.54) is 10.9 Å². The van der Waals surface area contributed by atoms with Gasteiger partial charge in [-0.05, 0) is 22.3 Å². The standard InChI is InChI=1S/C24H20N4O5/c1-28-22(23(31)25-12-6-11-21(29)30)20(13-26-28)27-24(32)33-14-19-17-9-4-2-7-15(17)16-8-3-5-10-18(16)19/h2-5,7-10,13,19H,12,14H2,1H3,(H,25,31)(H,27,32)(H,29,30). The van der Waals surface area contributed by atoms with Crippen molar-refractivity contribution in [2.24, 2.45) is 7.05 Å². The summed E-state index contributed by atoms with van der Waals surface area (Å²) in [6, 6.07) is 16.0. The number of carboxylic acids is 1. The highest BCUT2D eigenvalue weighted by Crippen LogP contribution is 2.44. The molecule has 0 saturated carbocycles. The number of nitrogens with one attached hydrogen (secondary N) is 2. The highest BCUT2D eigenvalue weighted by Gasteiger charge is 2.29. The molecule has 166 valence electrons. The van der Waals surface area contributed by atoms with E-state index < -0.39 is 18.0 Å². The van der Waals surface area contributed by atoms with Crippen molar-refractivity contribution in [1.82, 2.24) is 15.1 Å². The van der Waals surface area contributed by atoms with E-state index >= 15 is 0 Å². The third-order valence-corrected chi connectivity index (χ3v) is 5.27. The van der Waals surface area contributed by atoms with Gasteiger partial charge in [0.1, 0.15) is 12.3 Å². The van der Waals surface area contributed by atoms with Crippen LogP contribution >= 0.6 is 0 Å². The first kappa shape index (κ1) is 21.6. The van der Waals surface area contributed by atoms with Crippen molar-refractivity contribution < 1.29 is 24.2 Å². The van der Waals surface area contributed by atoms with Gasteiger partial charge in [0.25, 0.3) is 5.91 Å². The first-order valence-electron chi connectivity index (χ1n) is 10.1. The van der Waals surface area contributed by atoms with E-state index in [0.717, 1.165) is 22.3 Å². The monoisotopic (exact) mass is 444 g/mol. The molecule has 0 spiro atoms. The molecule has 3 aromatic rings. The highest BCUT2D eigenvalue weighted by atomic mass is 16.5. The number of hydrogen-bond donors (Lipinski definition) is 3. The first-order valence-corrected chi connectivity index (χ1v) is 10.1. The molecule has 0 unspecified atom stereocenters. The number of hydrogen-bond acceptors (Lipinski definition) is 5. The average molecular weight is 444 g/mol. The number of aromatic nitrogens is 2. The van der Waals surface area contributed by atoms with Gasteiger partial charge in [0, 0.05) is 18.9 Å². The molecule has 0 fully saturated rings. The van der Waals surface area contributed by atoms with Crippen molar-refractivity contribution >= 4 is 23.7 Å². The van der Waals surface area contributed by atoms with E-state index in [4.69, 9.17) is 9.84 Å². The Labute approximate surface area is 189 Å². The van der Waals surface area contributed by atoms with Crippen LogP contribution in [0.15, 0.2) is 54.7 Å². The normalized spacial score (nSPS) is 11.5. The Hall–Kier alpha value is -4.58. The van der Waals surface area contributed by atoms with Crippen molar-refractivity contribution in [3.63, 3.8) is 0 Å². The van der Waals surface area contributed by atoms with Gasteiger partial charge >= 0.3 is 12.1 Å². The summed E-state index contributed by atoms with van der Waals surface area (Å²) in [6.45, 7) is -0.0346. The van der Waals surface area contributed by atoms with Gasteiger partial charge in [-0.1, -0.05) is 54.5 Å². The third kappa shape index (κ3) is 4.55. The fourth-order valence-corrected chi connectivity index (χ4v) is 3.87. The number of fused-ring (bicyclic) bond motifs is 3. The molecule has 0 aliphatic heterocycles. The highest BCUT2D eigenvalue weighted by molar-refractivity contribution is 6.01. The van der Waals surface area contributed by atoms with Crippen LogP contribution in [-0.4, -0.2) is 46.0 Å². The van der Waals surface area contributed by atoms with Crippen molar-refractivity contribution in [1.29, 1.82) is 0 Å². The Morgan fingerprint density at radius 3 is 2.36 bits per heavy atom. The van der Waals surface area contributed by atoms with Crippen molar-refractivity contribution in [2.45, 2.75) is 5.92 Å². The molecule has 33 heavy (non-hydrogen) atoms. The largest absolute Gasteiger partial charge is 0.472 e. The van der Waals surface area contributed by atoms with Gasteiger partial charge in [0.05, 0.1) is 18.4 Å². The summed E-state index contributed by atoms with van der Waals surface area (Å²) in [5, 5.41) is 17.5. The SMILES string of the molecule is Cn1ncc(NC(=O)OCC2c3ccccc3-c3ccccc32)c1C(=O)NCC#CC(=O)O. The lowest BCUT2D eigenvalue weighted by Gasteiger charge is -2.14. The van der Waals surface area contributed by atoms with Gasteiger partial charge in [-0.3, -0.25) is 14.8 Å². The number of carbonyl (C=O) groups excluding carboxylic acids is 2. The van der Waals surface area contributed by atoms with Gasteiger partial charge in [-0.15, -0.1) is 0 Å². The van der Waals surface area contributed by atoms with Crippen LogP contribution in [0.5, 0.6) is 0 Å². The van der Waals surface area contributed by atoms with Gasteiger partial charge in [-0.2, -0.15) is 5.10 Å². The minimum Gasteiger partial charge on any atom is -0.472 e. The van der Waals surface area contributed by atoms with Crippen molar-refractivity contribution in [3.05, 3.63) is 71.5 Å². The van der Waals surface area contributed by atoms with E-state index in [1.54, 1.807) is 7.05 Å². The van der Waals surface area contributed by atoms with E-state index in [2.05, 4.69) is 33.8 Å². The predicted octanol–water partition coefficient (Wildman–Crippen LogP) is 2.60. The van der Waals surface area contributed by atoms with Crippen LogP contribution in [-0.2, 0) is 16.6 Å². The maximum absolute atomic E-state index is 12.5. The van der Waals surface area contributed by atoms with Crippen LogP contribution in [0.25, 0.3) is 11.1 Å². The van der Waals surface area contributed by atoms with E-state index in [9.17, 15) is 14.4 Å². The summed E-state index contributed by atoms with van der Waals surface area (Å²) in [6.07, 6.45) is 0.615. The molecular weight excluding hydrogens is 424 g/mol. The van der Waals surface area contributed by atoms with Crippen LogP contribution in [0.2, 0.25) is 0 Å². The van der Waals surface area contributed by atoms with Gasteiger partial charge in [0.2, 0.25) is 0 Å². The molecule has 0 atom stereocenters. The van der Waals surface area contributed by atoms with Gasteiger partial charge < -0.3 is 15.2 Å². The second kappa shape index (κ2) is 9.28. The molecule has 2 aromatic carbocycles. The summed E-state index contributed by atoms with van der Waals surface area (Å²) in [5.74, 6) is 2.26. The molecule has 9 heteroatoms. The number of rotatable bonds is 5. The second-order valence-corrected chi connectivity index (χ2v) is 7.27. The molecule has 0 bridgehead atoms. The summed E-state index contributed by atoms with van der Waals surface area (Å²) >= 11 is 0. The van der Waals surface area contributed by atoms with Crippen LogP contribution < -0.4 is 10.6 Å². The minimum absolute atomic E-state index is 0.0839. The zero-order chi connectivity index (χ0) is 23.4. The van der Waals surface area contributed by atoms with Crippen LogP contribution in [0.3, 0.4) is 0 Å². The molecule has 0 radical (unpaired) electrons. The number of carboxylic acid groups (broad SMARTS) is 1. The summed E-state index contributed by atoms with van der Waals surface area (Å²) in [4.78, 5) is 35.4. The molecule has 0 saturated heterocycles. The topological polar surface area (TPSA) is 123 Å². The van der Waals surface area contributed by atoms with E-state index in [-0.39, 0.29) is 30.5 Å². The number of anilines is 1. The lowest BCUT2D eigenvalue weighted by atomic mass is 9.98. The number of benzene rings is 2. The van der Waals surface area contributed by atoms with E-state index in [0.29, 0.717) is 0 Å². The molecule has 4 rings (SSSR count). The maximum atomic E-state index is 12.5. The number of nitrogens with zero attached hydrogens (tertiary/aromatic N) is 2. The molecule has 1 aliphatic carbocycles. The fraction of sp³-hybridized carbons (Fsp3) is 0.167. The molecule has 3 N–H and O–H groups in total.